The Labute approximate surface area is 181 Å². The molecule has 0 atom stereocenters. The van der Waals surface area contributed by atoms with Gasteiger partial charge in [0.25, 0.3) is 5.91 Å². The number of esters is 2. The minimum Gasteiger partial charge on any atom is -0.465 e. The lowest BCUT2D eigenvalue weighted by Gasteiger charge is -2.06. The molecule has 0 radical (unpaired) electrons. The number of thiazole rings is 1. The van der Waals surface area contributed by atoms with E-state index in [0.717, 1.165) is 0 Å². The second kappa shape index (κ2) is 9.69. The van der Waals surface area contributed by atoms with E-state index in [4.69, 9.17) is 21.1 Å². The summed E-state index contributed by atoms with van der Waals surface area (Å²) in [7, 11) is 0. The summed E-state index contributed by atoms with van der Waals surface area (Å²) in [5, 5.41) is 0.511. The second-order valence-electron chi connectivity index (χ2n) is 6.10. The largest absolute Gasteiger partial charge is 0.465 e. The van der Waals surface area contributed by atoms with Gasteiger partial charge in [-0.3, -0.25) is 9.59 Å². The van der Waals surface area contributed by atoms with Crippen LogP contribution in [0.3, 0.4) is 0 Å². The lowest BCUT2D eigenvalue weighted by atomic mass is 10.2. The molecule has 2 aromatic carbocycles. The fraction of sp³-hybridized carbons (Fsp3) is 0.238. The van der Waals surface area contributed by atoms with Crippen LogP contribution < -0.4 is 4.80 Å². The average molecular weight is 447 g/mol. The van der Waals surface area contributed by atoms with E-state index in [0.29, 0.717) is 31.2 Å². The number of amides is 1. The molecule has 30 heavy (non-hydrogen) atoms. The van der Waals surface area contributed by atoms with Crippen molar-refractivity contribution in [3.05, 3.63) is 63.4 Å². The fourth-order valence-corrected chi connectivity index (χ4v) is 3.93. The van der Waals surface area contributed by atoms with Crippen molar-refractivity contribution in [2.24, 2.45) is 4.99 Å². The number of carbonyl (C=O) groups is 3. The molecule has 1 aromatic heterocycles. The van der Waals surface area contributed by atoms with Gasteiger partial charge in [-0.2, -0.15) is 4.99 Å². The van der Waals surface area contributed by atoms with Crippen LogP contribution in [0.15, 0.2) is 47.5 Å². The normalized spacial score (nSPS) is 11.5. The van der Waals surface area contributed by atoms with E-state index in [2.05, 4.69) is 4.99 Å². The van der Waals surface area contributed by atoms with Gasteiger partial charge in [0.15, 0.2) is 4.80 Å². The molecule has 9 heteroatoms. The zero-order chi connectivity index (χ0) is 21.7. The van der Waals surface area contributed by atoms with Crippen LogP contribution in [0.5, 0.6) is 0 Å². The van der Waals surface area contributed by atoms with Crippen LogP contribution in [0.1, 0.15) is 34.6 Å². The Morgan fingerprint density at radius 2 is 1.67 bits per heavy atom. The molecule has 156 valence electrons. The third-order valence-corrected chi connectivity index (χ3v) is 5.37. The summed E-state index contributed by atoms with van der Waals surface area (Å²) in [6.45, 7) is 3.84. The highest BCUT2D eigenvalue weighted by molar-refractivity contribution is 7.16. The van der Waals surface area contributed by atoms with Crippen LogP contribution in [0.25, 0.3) is 10.2 Å². The van der Waals surface area contributed by atoms with Crippen LogP contribution in [-0.4, -0.2) is 35.6 Å². The van der Waals surface area contributed by atoms with Crippen LogP contribution in [0.4, 0.5) is 0 Å². The molecule has 3 rings (SSSR count). The van der Waals surface area contributed by atoms with Crippen molar-refractivity contribution in [1.29, 1.82) is 0 Å². The van der Waals surface area contributed by atoms with Crippen molar-refractivity contribution in [1.82, 2.24) is 4.57 Å². The highest BCUT2D eigenvalue weighted by Gasteiger charge is 2.15. The number of aromatic nitrogens is 1. The van der Waals surface area contributed by atoms with Crippen LogP contribution in [-0.2, 0) is 20.8 Å². The van der Waals surface area contributed by atoms with Gasteiger partial charge in [0.2, 0.25) is 0 Å². The number of benzene rings is 2. The molecule has 0 aliphatic carbocycles. The first kappa shape index (κ1) is 21.7. The van der Waals surface area contributed by atoms with E-state index in [1.54, 1.807) is 60.9 Å². The Hall–Kier alpha value is -2.97. The lowest BCUT2D eigenvalue weighted by molar-refractivity contribution is -0.143. The zero-order valence-corrected chi connectivity index (χ0v) is 18.0. The molecule has 0 N–H and O–H groups in total. The Bertz CT molecular complexity index is 1160. The van der Waals surface area contributed by atoms with E-state index in [-0.39, 0.29) is 19.8 Å². The number of rotatable bonds is 6. The number of halogens is 1. The number of hydrogen-bond donors (Lipinski definition) is 0. The van der Waals surface area contributed by atoms with Crippen molar-refractivity contribution in [3.8, 4) is 0 Å². The Morgan fingerprint density at radius 3 is 2.33 bits per heavy atom. The maximum absolute atomic E-state index is 12.6. The minimum absolute atomic E-state index is 0.112. The third-order valence-electron chi connectivity index (χ3n) is 4.07. The van der Waals surface area contributed by atoms with Crippen LogP contribution >= 0.6 is 22.9 Å². The fourth-order valence-electron chi connectivity index (χ4n) is 2.73. The Kier molecular flexibility index (Phi) is 7.02. The lowest BCUT2D eigenvalue weighted by Crippen LogP contribution is -2.23. The SMILES string of the molecule is CCOC(=O)Cn1c(=NC(=O)c2ccc(Cl)cc2)sc2cc(C(=O)OCC)ccc21. The number of nitrogens with zero attached hydrogens (tertiary/aromatic N) is 2. The molecule has 3 aromatic rings. The molecule has 0 bridgehead atoms. The molecule has 0 saturated carbocycles. The smallest absolute Gasteiger partial charge is 0.338 e. The van der Waals surface area contributed by atoms with Gasteiger partial charge in [0, 0.05) is 10.6 Å². The molecular weight excluding hydrogens is 428 g/mol. The van der Waals surface area contributed by atoms with Crippen molar-refractivity contribution >= 4 is 51.0 Å². The molecule has 7 nitrogen and oxygen atoms in total. The summed E-state index contributed by atoms with van der Waals surface area (Å²) in [5.41, 5.74) is 1.40. The standard InChI is InChI=1S/C21H19ClN2O5S/c1-3-28-18(25)12-24-16-10-7-14(20(27)29-4-2)11-17(16)30-21(24)23-19(26)13-5-8-15(22)9-6-13/h5-11H,3-4,12H2,1-2H3. The molecule has 0 saturated heterocycles. The molecule has 0 aliphatic heterocycles. The van der Waals surface area contributed by atoms with Crippen molar-refractivity contribution in [2.75, 3.05) is 13.2 Å². The number of hydrogen-bond acceptors (Lipinski definition) is 6. The Morgan fingerprint density at radius 1 is 1.00 bits per heavy atom. The van der Waals surface area contributed by atoms with Crippen molar-refractivity contribution < 1.29 is 23.9 Å². The van der Waals surface area contributed by atoms with Gasteiger partial charge < -0.3 is 14.0 Å². The Balaban J connectivity index is 2.09. The summed E-state index contributed by atoms with van der Waals surface area (Å²) < 4.78 is 12.4. The van der Waals surface area contributed by atoms with Gasteiger partial charge in [0.1, 0.15) is 6.54 Å². The quantitative estimate of drug-likeness (QED) is 0.537. The van der Waals surface area contributed by atoms with Gasteiger partial charge in [-0.1, -0.05) is 22.9 Å². The van der Waals surface area contributed by atoms with E-state index in [1.165, 1.54) is 11.3 Å². The number of carbonyl (C=O) groups excluding carboxylic acids is 3. The summed E-state index contributed by atoms with van der Waals surface area (Å²) in [6, 6.07) is 11.3. The summed E-state index contributed by atoms with van der Waals surface area (Å²) >= 11 is 7.07. The molecule has 0 aliphatic rings. The highest BCUT2D eigenvalue weighted by Crippen LogP contribution is 2.20. The maximum atomic E-state index is 12.6. The van der Waals surface area contributed by atoms with E-state index < -0.39 is 17.8 Å². The van der Waals surface area contributed by atoms with Gasteiger partial charge in [-0.15, -0.1) is 0 Å². The topological polar surface area (TPSA) is 87.0 Å². The summed E-state index contributed by atoms with van der Waals surface area (Å²) in [4.78, 5) is 41.3. The predicted octanol–water partition coefficient (Wildman–Crippen LogP) is 3.84. The highest BCUT2D eigenvalue weighted by atomic mass is 35.5. The van der Waals surface area contributed by atoms with Crippen LogP contribution in [0.2, 0.25) is 5.02 Å². The molecular formula is C21H19ClN2O5S. The first-order valence-corrected chi connectivity index (χ1v) is 10.4. The second-order valence-corrected chi connectivity index (χ2v) is 7.55. The van der Waals surface area contributed by atoms with Gasteiger partial charge in [-0.25, -0.2) is 4.79 Å². The zero-order valence-electron chi connectivity index (χ0n) is 16.4. The van der Waals surface area contributed by atoms with Gasteiger partial charge in [0.05, 0.1) is 29.0 Å². The minimum atomic E-state index is -0.471. The molecule has 1 heterocycles. The first-order chi connectivity index (χ1) is 14.4. The van der Waals surface area contributed by atoms with Gasteiger partial charge in [-0.05, 0) is 56.3 Å². The molecule has 1 amide bonds. The van der Waals surface area contributed by atoms with E-state index >= 15 is 0 Å². The van der Waals surface area contributed by atoms with Crippen molar-refractivity contribution in [3.63, 3.8) is 0 Å². The molecule has 0 unspecified atom stereocenters. The summed E-state index contributed by atoms with van der Waals surface area (Å²) in [5.74, 6) is -1.37. The number of fused-ring (bicyclic) bond motifs is 1. The molecule has 0 fully saturated rings. The predicted molar refractivity (Wildman–Crippen MR) is 114 cm³/mol. The van der Waals surface area contributed by atoms with E-state index in [9.17, 15) is 14.4 Å². The average Bonchev–Trinajstić information content (AvgIpc) is 3.05. The third kappa shape index (κ3) is 4.95. The van der Waals surface area contributed by atoms with E-state index in [1.807, 2.05) is 0 Å². The van der Waals surface area contributed by atoms with Gasteiger partial charge >= 0.3 is 11.9 Å². The molecule has 0 spiro atoms. The van der Waals surface area contributed by atoms with Crippen molar-refractivity contribution in [2.45, 2.75) is 20.4 Å². The number of ether oxygens (including phenoxy) is 2. The van der Waals surface area contributed by atoms with Crippen LogP contribution in [0, 0.1) is 0 Å². The monoisotopic (exact) mass is 446 g/mol. The maximum Gasteiger partial charge on any atom is 0.338 e. The summed E-state index contributed by atoms with van der Waals surface area (Å²) in [6.07, 6.45) is 0. The first-order valence-electron chi connectivity index (χ1n) is 9.23.